The molecule has 0 bridgehead atoms. The molecule has 1 atom stereocenters. The summed E-state index contributed by atoms with van der Waals surface area (Å²) in [5.74, 6) is -2.45. The molecule has 1 unspecified atom stereocenters. The van der Waals surface area contributed by atoms with Gasteiger partial charge >= 0.3 is 12.1 Å². The quantitative estimate of drug-likeness (QED) is 0.761. The highest BCUT2D eigenvalue weighted by atomic mass is 19.4. The van der Waals surface area contributed by atoms with Crippen LogP contribution in [-0.4, -0.2) is 78.5 Å². The van der Waals surface area contributed by atoms with Crippen molar-refractivity contribution in [3.05, 3.63) is 0 Å². The molecule has 2 heterocycles. The van der Waals surface area contributed by atoms with Gasteiger partial charge in [-0.2, -0.15) is 13.2 Å². The molecule has 126 valence electrons. The Balaban J connectivity index is 1.92. The van der Waals surface area contributed by atoms with E-state index in [-0.39, 0.29) is 19.0 Å². The summed E-state index contributed by atoms with van der Waals surface area (Å²) < 4.78 is 37.5. The zero-order valence-electron chi connectivity index (χ0n) is 12.7. The third kappa shape index (κ3) is 3.91. The fourth-order valence-electron chi connectivity index (χ4n) is 3.09. The van der Waals surface area contributed by atoms with Gasteiger partial charge in [-0.3, -0.25) is 9.59 Å². The van der Waals surface area contributed by atoms with Crippen molar-refractivity contribution in [2.24, 2.45) is 5.92 Å². The molecule has 5 nitrogen and oxygen atoms in total. The number of hydrogen-bond donors (Lipinski definition) is 0. The van der Waals surface area contributed by atoms with Crippen LogP contribution in [0.3, 0.4) is 0 Å². The second kappa shape index (κ2) is 6.85. The number of rotatable bonds is 2. The van der Waals surface area contributed by atoms with Crippen molar-refractivity contribution in [3.63, 3.8) is 0 Å². The van der Waals surface area contributed by atoms with Crippen molar-refractivity contribution in [1.82, 2.24) is 14.7 Å². The van der Waals surface area contributed by atoms with Crippen LogP contribution in [0.15, 0.2) is 0 Å². The van der Waals surface area contributed by atoms with Crippen molar-refractivity contribution in [3.8, 4) is 0 Å². The van der Waals surface area contributed by atoms with E-state index in [1.807, 2.05) is 0 Å². The molecule has 2 amide bonds. The van der Waals surface area contributed by atoms with E-state index in [1.54, 1.807) is 4.90 Å². The van der Waals surface area contributed by atoms with Gasteiger partial charge in [0.1, 0.15) is 0 Å². The minimum Gasteiger partial charge on any atom is -0.340 e. The van der Waals surface area contributed by atoms with E-state index in [2.05, 4.69) is 11.8 Å². The van der Waals surface area contributed by atoms with Crippen molar-refractivity contribution < 1.29 is 22.8 Å². The Bertz CT molecular complexity index is 420. The molecule has 0 spiro atoms. The Morgan fingerprint density at radius 1 is 1.05 bits per heavy atom. The summed E-state index contributed by atoms with van der Waals surface area (Å²) in [6.45, 7) is 5.74. The van der Waals surface area contributed by atoms with Crippen LogP contribution in [-0.2, 0) is 9.59 Å². The van der Waals surface area contributed by atoms with Crippen LogP contribution < -0.4 is 0 Å². The molecule has 0 saturated carbocycles. The number of carbonyl (C=O) groups is 2. The number of amides is 2. The normalized spacial score (nSPS) is 24.5. The Morgan fingerprint density at radius 2 is 1.68 bits per heavy atom. The third-order valence-electron chi connectivity index (χ3n) is 4.43. The maximum Gasteiger partial charge on any atom is 0.471 e. The first-order valence-corrected chi connectivity index (χ1v) is 7.70. The van der Waals surface area contributed by atoms with E-state index in [0.29, 0.717) is 25.9 Å². The molecular weight excluding hydrogens is 299 g/mol. The molecule has 2 saturated heterocycles. The van der Waals surface area contributed by atoms with E-state index >= 15 is 0 Å². The Hall–Kier alpha value is -1.31. The number of piperazine rings is 1. The number of likely N-dealkylation sites (tertiary alicyclic amines) is 1. The topological polar surface area (TPSA) is 43.9 Å². The summed E-state index contributed by atoms with van der Waals surface area (Å²) in [6.07, 6.45) is -3.88. The van der Waals surface area contributed by atoms with Crippen LogP contribution >= 0.6 is 0 Å². The number of nitrogens with zero attached hydrogens (tertiary/aromatic N) is 3. The fraction of sp³-hybridized carbons (Fsp3) is 0.857. The molecule has 0 aromatic heterocycles. The van der Waals surface area contributed by atoms with Crippen LogP contribution in [0.25, 0.3) is 0 Å². The number of hydrogen-bond acceptors (Lipinski definition) is 3. The maximum absolute atomic E-state index is 12.5. The monoisotopic (exact) mass is 321 g/mol. The average molecular weight is 321 g/mol. The third-order valence-corrected chi connectivity index (χ3v) is 4.43. The fourth-order valence-corrected chi connectivity index (χ4v) is 3.09. The number of halogens is 3. The lowest BCUT2D eigenvalue weighted by molar-refractivity contribution is -0.187. The van der Waals surface area contributed by atoms with E-state index in [9.17, 15) is 22.8 Å². The van der Waals surface area contributed by atoms with Gasteiger partial charge in [0, 0.05) is 39.3 Å². The first-order chi connectivity index (χ1) is 10.3. The summed E-state index contributed by atoms with van der Waals surface area (Å²) in [6, 6.07) is 0. The second-order valence-electron chi connectivity index (χ2n) is 5.85. The van der Waals surface area contributed by atoms with Crippen LogP contribution in [0.1, 0.15) is 19.8 Å². The molecule has 22 heavy (non-hydrogen) atoms. The van der Waals surface area contributed by atoms with Crippen molar-refractivity contribution in [2.45, 2.75) is 25.9 Å². The molecule has 2 rings (SSSR count). The molecule has 8 heteroatoms. The highest BCUT2D eigenvalue weighted by molar-refractivity contribution is 5.84. The first-order valence-electron chi connectivity index (χ1n) is 7.70. The van der Waals surface area contributed by atoms with E-state index in [4.69, 9.17) is 0 Å². The number of likely N-dealkylation sites (N-methyl/N-ethyl adjacent to an activating group) is 1. The molecule has 0 N–H and O–H groups in total. The second-order valence-corrected chi connectivity index (χ2v) is 5.85. The first kappa shape index (κ1) is 17.1. The lowest BCUT2D eigenvalue weighted by Gasteiger charge is -2.38. The van der Waals surface area contributed by atoms with Crippen molar-refractivity contribution in [1.29, 1.82) is 0 Å². The molecular formula is C14H22F3N3O2. The lowest BCUT2D eigenvalue weighted by atomic mass is 9.96. The van der Waals surface area contributed by atoms with Gasteiger partial charge in [-0.15, -0.1) is 0 Å². The highest BCUT2D eigenvalue weighted by Crippen LogP contribution is 2.25. The van der Waals surface area contributed by atoms with Gasteiger partial charge < -0.3 is 14.7 Å². The molecule has 0 aliphatic carbocycles. The minimum absolute atomic E-state index is 0.0751. The number of carbonyl (C=O) groups excluding carboxylic acids is 2. The van der Waals surface area contributed by atoms with Crippen LogP contribution in [0.4, 0.5) is 13.2 Å². The zero-order chi connectivity index (χ0) is 16.3. The Morgan fingerprint density at radius 3 is 2.23 bits per heavy atom. The zero-order valence-corrected chi connectivity index (χ0v) is 12.7. The Labute approximate surface area is 128 Å². The van der Waals surface area contributed by atoms with Crippen molar-refractivity contribution in [2.75, 3.05) is 45.8 Å². The Kier molecular flexibility index (Phi) is 5.31. The summed E-state index contributed by atoms with van der Waals surface area (Å²) in [4.78, 5) is 28.5. The molecule has 2 aliphatic heterocycles. The van der Waals surface area contributed by atoms with Crippen molar-refractivity contribution >= 4 is 11.8 Å². The molecule has 2 aliphatic rings. The number of alkyl halides is 3. The number of piperidine rings is 1. The summed E-state index contributed by atoms with van der Waals surface area (Å²) in [5.41, 5.74) is 0. The van der Waals surface area contributed by atoms with Gasteiger partial charge in [-0.25, -0.2) is 0 Å². The smallest absolute Gasteiger partial charge is 0.340 e. The van der Waals surface area contributed by atoms with E-state index in [0.717, 1.165) is 24.5 Å². The van der Waals surface area contributed by atoms with E-state index < -0.39 is 18.0 Å². The molecule has 0 radical (unpaired) electrons. The SMILES string of the molecule is CCN1CCN(C(=O)C2CCCN(C(=O)C(F)(F)F)C2)CC1. The maximum atomic E-state index is 12.5. The van der Waals surface area contributed by atoms with Gasteiger partial charge in [-0.1, -0.05) is 6.92 Å². The van der Waals surface area contributed by atoms with Gasteiger partial charge in [0.15, 0.2) is 0 Å². The van der Waals surface area contributed by atoms with Gasteiger partial charge in [0.2, 0.25) is 5.91 Å². The standard InChI is InChI=1S/C14H22F3N3O2/c1-2-18-6-8-19(9-7-18)12(21)11-4-3-5-20(10-11)13(22)14(15,16)17/h11H,2-10H2,1H3. The molecule has 0 aromatic rings. The average Bonchev–Trinajstić information content (AvgIpc) is 2.52. The molecule has 0 aromatic carbocycles. The minimum atomic E-state index is -4.86. The highest BCUT2D eigenvalue weighted by Gasteiger charge is 2.44. The predicted molar refractivity (Wildman–Crippen MR) is 74.1 cm³/mol. The van der Waals surface area contributed by atoms with Crippen LogP contribution in [0.5, 0.6) is 0 Å². The summed E-state index contributed by atoms with van der Waals surface area (Å²) >= 11 is 0. The summed E-state index contributed by atoms with van der Waals surface area (Å²) in [7, 11) is 0. The lowest BCUT2D eigenvalue weighted by Crippen LogP contribution is -2.54. The largest absolute Gasteiger partial charge is 0.471 e. The predicted octanol–water partition coefficient (Wildman–Crippen LogP) is 0.951. The van der Waals surface area contributed by atoms with Gasteiger partial charge in [0.05, 0.1) is 5.92 Å². The molecule has 2 fully saturated rings. The van der Waals surface area contributed by atoms with Crippen LogP contribution in [0, 0.1) is 5.92 Å². The summed E-state index contributed by atoms with van der Waals surface area (Å²) in [5, 5.41) is 0. The van der Waals surface area contributed by atoms with Gasteiger partial charge in [0.25, 0.3) is 0 Å². The van der Waals surface area contributed by atoms with Gasteiger partial charge in [-0.05, 0) is 19.4 Å². The van der Waals surface area contributed by atoms with Crippen LogP contribution in [0.2, 0.25) is 0 Å². The van der Waals surface area contributed by atoms with E-state index in [1.165, 1.54) is 0 Å².